The molecule has 1 aromatic rings. The summed E-state index contributed by atoms with van der Waals surface area (Å²) < 4.78 is 5.61. The molecule has 0 spiro atoms. The summed E-state index contributed by atoms with van der Waals surface area (Å²) >= 11 is 0. The Kier molecular flexibility index (Phi) is 5.16. The summed E-state index contributed by atoms with van der Waals surface area (Å²) in [5, 5.41) is 0. The van der Waals surface area contributed by atoms with Crippen LogP contribution in [0, 0.1) is 6.92 Å². The van der Waals surface area contributed by atoms with Crippen molar-refractivity contribution in [3.8, 4) is 5.75 Å². The van der Waals surface area contributed by atoms with E-state index in [-0.39, 0.29) is 5.41 Å². The van der Waals surface area contributed by atoms with E-state index < -0.39 is 0 Å². The highest BCUT2D eigenvalue weighted by Crippen LogP contribution is 2.35. The van der Waals surface area contributed by atoms with Crippen LogP contribution in [0.15, 0.2) is 12.1 Å². The minimum Gasteiger partial charge on any atom is -0.496 e. The molecule has 2 nitrogen and oxygen atoms in total. The highest BCUT2D eigenvalue weighted by atomic mass is 16.5. The molecule has 0 atom stereocenters. The summed E-state index contributed by atoms with van der Waals surface area (Å²) in [4.78, 5) is 11.5. The van der Waals surface area contributed by atoms with Gasteiger partial charge in [-0.3, -0.25) is 4.79 Å². The second kappa shape index (κ2) is 6.23. The van der Waals surface area contributed by atoms with E-state index in [0.29, 0.717) is 18.6 Å². The molecule has 0 saturated heterocycles. The summed E-state index contributed by atoms with van der Waals surface area (Å²) in [5.41, 5.74) is 3.63. The number of carbonyl (C=O) groups excluding carboxylic acids is 1. The van der Waals surface area contributed by atoms with E-state index in [1.54, 1.807) is 7.11 Å². The summed E-state index contributed by atoms with van der Waals surface area (Å²) in [6, 6.07) is 4.32. The van der Waals surface area contributed by atoms with Crippen LogP contribution >= 0.6 is 0 Å². The second-order valence-corrected chi connectivity index (χ2v) is 6.15. The Balaban J connectivity index is 3.16. The third kappa shape index (κ3) is 4.09. The van der Waals surface area contributed by atoms with Crippen LogP contribution in [0.25, 0.3) is 0 Å². The molecule has 0 N–H and O–H groups in total. The first kappa shape index (κ1) is 15.7. The van der Waals surface area contributed by atoms with Crippen LogP contribution in [0.4, 0.5) is 0 Å². The van der Waals surface area contributed by atoms with Crippen molar-refractivity contribution in [2.75, 3.05) is 7.11 Å². The van der Waals surface area contributed by atoms with Crippen LogP contribution in [0.3, 0.4) is 0 Å². The SMILES string of the molecule is CCC(=O)CCc1cc(C)cc(C(C)(C)C)c1OC. The zero-order valence-electron chi connectivity index (χ0n) is 13.1. The molecule has 0 aromatic heterocycles. The minimum absolute atomic E-state index is 0.0425. The smallest absolute Gasteiger partial charge is 0.132 e. The normalized spacial score (nSPS) is 11.5. The van der Waals surface area contributed by atoms with E-state index in [4.69, 9.17) is 4.74 Å². The van der Waals surface area contributed by atoms with Gasteiger partial charge in [0.1, 0.15) is 11.5 Å². The molecular weight excluding hydrogens is 236 g/mol. The van der Waals surface area contributed by atoms with Gasteiger partial charge in [-0.2, -0.15) is 0 Å². The number of ketones is 1. The molecule has 106 valence electrons. The quantitative estimate of drug-likeness (QED) is 0.794. The van der Waals surface area contributed by atoms with Crippen molar-refractivity contribution < 1.29 is 9.53 Å². The Morgan fingerprint density at radius 3 is 2.37 bits per heavy atom. The lowest BCUT2D eigenvalue weighted by Gasteiger charge is -2.25. The monoisotopic (exact) mass is 262 g/mol. The molecule has 0 heterocycles. The lowest BCUT2D eigenvalue weighted by atomic mass is 9.83. The molecule has 0 fully saturated rings. The Labute approximate surface area is 117 Å². The molecule has 0 radical (unpaired) electrons. The number of carbonyl (C=O) groups is 1. The van der Waals surface area contributed by atoms with Crippen LogP contribution < -0.4 is 4.74 Å². The van der Waals surface area contributed by atoms with Gasteiger partial charge in [-0.05, 0) is 24.3 Å². The first-order chi connectivity index (χ1) is 8.79. The average molecular weight is 262 g/mol. The highest BCUT2D eigenvalue weighted by molar-refractivity contribution is 5.78. The topological polar surface area (TPSA) is 26.3 Å². The number of Topliss-reactive ketones (excluding diaryl/α,β-unsaturated/α-hetero) is 1. The van der Waals surface area contributed by atoms with E-state index in [1.165, 1.54) is 11.1 Å². The molecule has 0 saturated carbocycles. The number of ether oxygens (including phenoxy) is 1. The van der Waals surface area contributed by atoms with Crippen molar-refractivity contribution in [1.82, 2.24) is 0 Å². The van der Waals surface area contributed by atoms with Crippen LogP contribution in [-0.4, -0.2) is 12.9 Å². The van der Waals surface area contributed by atoms with Crippen molar-refractivity contribution in [3.05, 3.63) is 28.8 Å². The van der Waals surface area contributed by atoms with E-state index >= 15 is 0 Å². The fourth-order valence-electron chi connectivity index (χ4n) is 2.28. The molecule has 0 amide bonds. The maximum atomic E-state index is 11.5. The zero-order valence-corrected chi connectivity index (χ0v) is 13.1. The number of hydrogen-bond donors (Lipinski definition) is 0. The lowest BCUT2D eigenvalue weighted by molar-refractivity contribution is -0.118. The Morgan fingerprint density at radius 1 is 1.26 bits per heavy atom. The van der Waals surface area contributed by atoms with E-state index in [2.05, 4.69) is 39.8 Å². The molecule has 0 bridgehead atoms. The number of aryl methyl sites for hydroxylation is 2. The Bertz CT molecular complexity index is 453. The number of benzene rings is 1. The molecule has 1 rings (SSSR count). The summed E-state index contributed by atoms with van der Waals surface area (Å²) in [6.45, 7) is 10.6. The van der Waals surface area contributed by atoms with E-state index in [0.717, 1.165) is 17.7 Å². The molecule has 19 heavy (non-hydrogen) atoms. The van der Waals surface area contributed by atoms with E-state index in [1.807, 2.05) is 6.92 Å². The highest BCUT2D eigenvalue weighted by Gasteiger charge is 2.21. The first-order valence-corrected chi connectivity index (χ1v) is 6.99. The fourth-order valence-corrected chi connectivity index (χ4v) is 2.28. The molecule has 1 aromatic carbocycles. The van der Waals surface area contributed by atoms with Gasteiger partial charge in [-0.25, -0.2) is 0 Å². The van der Waals surface area contributed by atoms with Crippen LogP contribution in [0.1, 0.15) is 57.2 Å². The Hall–Kier alpha value is -1.31. The van der Waals surface area contributed by atoms with Gasteiger partial charge in [0.05, 0.1) is 7.11 Å². The molecule has 0 aliphatic heterocycles. The standard InChI is InChI=1S/C17H26O2/c1-7-14(18)9-8-13-10-12(2)11-15(16(13)19-6)17(3,4)5/h10-11H,7-9H2,1-6H3. The van der Waals surface area contributed by atoms with Gasteiger partial charge in [0, 0.05) is 18.4 Å². The third-order valence-corrected chi connectivity index (χ3v) is 3.39. The molecular formula is C17H26O2. The van der Waals surface area contributed by atoms with Crippen molar-refractivity contribution in [2.45, 2.75) is 59.3 Å². The number of rotatable bonds is 5. The van der Waals surface area contributed by atoms with Gasteiger partial charge in [-0.15, -0.1) is 0 Å². The average Bonchev–Trinajstić information content (AvgIpc) is 2.34. The Morgan fingerprint density at radius 2 is 1.89 bits per heavy atom. The second-order valence-electron chi connectivity index (χ2n) is 6.15. The molecule has 0 unspecified atom stereocenters. The maximum Gasteiger partial charge on any atom is 0.132 e. The van der Waals surface area contributed by atoms with Gasteiger partial charge in [0.15, 0.2) is 0 Å². The van der Waals surface area contributed by atoms with E-state index in [9.17, 15) is 4.79 Å². The van der Waals surface area contributed by atoms with Crippen molar-refractivity contribution in [2.24, 2.45) is 0 Å². The first-order valence-electron chi connectivity index (χ1n) is 6.99. The van der Waals surface area contributed by atoms with Crippen LogP contribution in [0.2, 0.25) is 0 Å². The van der Waals surface area contributed by atoms with Crippen molar-refractivity contribution >= 4 is 5.78 Å². The van der Waals surface area contributed by atoms with Gasteiger partial charge in [0.25, 0.3) is 0 Å². The van der Waals surface area contributed by atoms with Crippen molar-refractivity contribution in [3.63, 3.8) is 0 Å². The molecule has 0 aliphatic rings. The molecule has 2 heteroatoms. The predicted molar refractivity (Wildman–Crippen MR) is 80.1 cm³/mol. The largest absolute Gasteiger partial charge is 0.496 e. The minimum atomic E-state index is 0.0425. The van der Waals surface area contributed by atoms with Crippen LogP contribution in [-0.2, 0) is 16.6 Å². The zero-order chi connectivity index (χ0) is 14.6. The fraction of sp³-hybridized carbons (Fsp3) is 0.588. The summed E-state index contributed by atoms with van der Waals surface area (Å²) in [6.07, 6.45) is 1.97. The maximum absolute atomic E-state index is 11.5. The molecule has 0 aliphatic carbocycles. The lowest BCUT2D eigenvalue weighted by Crippen LogP contribution is -2.14. The van der Waals surface area contributed by atoms with Gasteiger partial charge < -0.3 is 4.74 Å². The summed E-state index contributed by atoms with van der Waals surface area (Å²) in [7, 11) is 1.71. The van der Waals surface area contributed by atoms with Gasteiger partial charge >= 0.3 is 0 Å². The number of hydrogen-bond acceptors (Lipinski definition) is 2. The summed E-state index contributed by atoms with van der Waals surface area (Å²) in [5.74, 6) is 1.25. The predicted octanol–water partition coefficient (Wildman–Crippen LogP) is 4.21. The van der Waals surface area contributed by atoms with Gasteiger partial charge in [0.2, 0.25) is 0 Å². The van der Waals surface area contributed by atoms with Crippen molar-refractivity contribution in [1.29, 1.82) is 0 Å². The number of methoxy groups -OCH3 is 1. The third-order valence-electron chi connectivity index (χ3n) is 3.39. The van der Waals surface area contributed by atoms with Gasteiger partial charge in [-0.1, -0.05) is 45.4 Å². The van der Waals surface area contributed by atoms with Crippen LogP contribution in [0.5, 0.6) is 5.75 Å².